The van der Waals surface area contributed by atoms with Gasteiger partial charge in [0.05, 0.1) is 4.47 Å². The van der Waals surface area contributed by atoms with Crippen LogP contribution in [-0.2, 0) is 0 Å². The molecule has 1 N–H and O–H groups in total. The van der Waals surface area contributed by atoms with E-state index in [9.17, 15) is 9.18 Å². The first-order valence-corrected chi connectivity index (χ1v) is 5.44. The molecule has 0 saturated carbocycles. The molecule has 1 aromatic carbocycles. The van der Waals surface area contributed by atoms with Crippen molar-refractivity contribution in [2.75, 3.05) is 0 Å². The van der Waals surface area contributed by atoms with Crippen molar-refractivity contribution in [1.29, 1.82) is 0 Å². The van der Waals surface area contributed by atoms with Crippen molar-refractivity contribution in [3.05, 3.63) is 39.8 Å². The van der Waals surface area contributed by atoms with Crippen molar-refractivity contribution in [1.82, 2.24) is 5.16 Å². The van der Waals surface area contributed by atoms with Crippen molar-refractivity contribution in [2.45, 2.75) is 6.92 Å². The summed E-state index contributed by atoms with van der Waals surface area (Å²) in [6.07, 6.45) is 0. The Balaban J connectivity index is 2.52. The van der Waals surface area contributed by atoms with Gasteiger partial charge in [0.25, 0.3) is 0 Å². The van der Waals surface area contributed by atoms with Crippen molar-refractivity contribution in [3.8, 4) is 11.3 Å². The maximum absolute atomic E-state index is 13.2. The average molecular weight is 300 g/mol. The van der Waals surface area contributed by atoms with E-state index in [0.29, 0.717) is 16.8 Å². The zero-order chi connectivity index (χ0) is 12.6. The minimum absolute atomic E-state index is 0.250. The number of aromatic nitrogens is 1. The van der Waals surface area contributed by atoms with Crippen LogP contribution in [0.5, 0.6) is 0 Å². The lowest BCUT2D eigenvalue weighted by Crippen LogP contribution is -1.91. The monoisotopic (exact) mass is 299 g/mol. The second-order valence-electron chi connectivity index (χ2n) is 3.46. The van der Waals surface area contributed by atoms with Crippen LogP contribution in [0.1, 0.15) is 16.1 Å². The van der Waals surface area contributed by atoms with Crippen LogP contribution >= 0.6 is 15.9 Å². The molecular weight excluding hydrogens is 293 g/mol. The normalized spacial score (nSPS) is 10.5. The molecule has 0 amide bonds. The maximum atomic E-state index is 13.2. The topological polar surface area (TPSA) is 63.3 Å². The van der Waals surface area contributed by atoms with Crippen molar-refractivity contribution in [2.24, 2.45) is 0 Å². The van der Waals surface area contributed by atoms with E-state index in [4.69, 9.17) is 5.11 Å². The Kier molecular flexibility index (Phi) is 2.97. The Bertz CT molecular complexity index is 594. The van der Waals surface area contributed by atoms with E-state index in [1.807, 2.05) is 0 Å². The number of halogens is 2. The molecule has 0 unspecified atom stereocenters. The number of aromatic carboxylic acids is 1. The van der Waals surface area contributed by atoms with Crippen LogP contribution in [0, 0.1) is 12.7 Å². The van der Waals surface area contributed by atoms with Crippen LogP contribution in [0.2, 0.25) is 0 Å². The molecule has 0 aliphatic carbocycles. The second-order valence-corrected chi connectivity index (χ2v) is 4.32. The van der Waals surface area contributed by atoms with Gasteiger partial charge in [-0.15, -0.1) is 0 Å². The summed E-state index contributed by atoms with van der Waals surface area (Å²) in [5.74, 6) is -1.82. The molecule has 0 atom stereocenters. The molecule has 1 aromatic heterocycles. The number of carboxylic acid groups (broad SMARTS) is 1. The fourth-order valence-electron chi connectivity index (χ4n) is 1.43. The van der Waals surface area contributed by atoms with E-state index < -0.39 is 5.97 Å². The highest BCUT2D eigenvalue weighted by atomic mass is 79.9. The highest BCUT2D eigenvalue weighted by molar-refractivity contribution is 9.10. The molecule has 0 bridgehead atoms. The highest BCUT2D eigenvalue weighted by Crippen LogP contribution is 2.28. The molecule has 0 spiro atoms. The summed E-state index contributed by atoms with van der Waals surface area (Å²) in [6.45, 7) is 1.71. The number of rotatable bonds is 2. The fraction of sp³-hybridized carbons (Fsp3) is 0.0909. The fourth-order valence-corrected chi connectivity index (χ4v) is 1.77. The van der Waals surface area contributed by atoms with Gasteiger partial charge in [0.15, 0.2) is 0 Å². The Labute approximate surface area is 104 Å². The summed E-state index contributed by atoms with van der Waals surface area (Å²) < 4.78 is 18.2. The first kappa shape index (κ1) is 11.8. The first-order valence-electron chi connectivity index (χ1n) is 4.65. The largest absolute Gasteiger partial charge is 0.475 e. The molecule has 0 aliphatic rings. The summed E-state index contributed by atoms with van der Waals surface area (Å²) in [7, 11) is 0. The van der Waals surface area contributed by atoms with Gasteiger partial charge >= 0.3 is 5.97 Å². The molecule has 17 heavy (non-hydrogen) atoms. The van der Waals surface area contributed by atoms with Crippen molar-refractivity contribution >= 4 is 21.9 Å². The van der Waals surface area contributed by atoms with Crippen molar-refractivity contribution < 1.29 is 18.8 Å². The number of hydrogen-bond acceptors (Lipinski definition) is 3. The lowest BCUT2D eigenvalue weighted by atomic mass is 10.1. The summed E-state index contributed by atoms with van der Waals surface area (Å²) in [6, 6.07) is 4.18. The molecule has 0 saturated heterocycles. The standard InChI is InChI=1S/C11H7BrFNO3/c1-5-2-8(13)7(12)3-6(5)9-4-10(11(15)16)17-14-9/h2-4H,1H3,(H,15,16). The Morgan fingerprint density at radius 2 is 2.18 bits per heavy atom. The molecule has 0 radical (unpaired) electrons. The average Bonchev–Trinajstić information content (AvgIpc) is 2.72. The zero-order valence-corrected chi connectivity index (χ0v) is 10.3. The van der Waals surface area contributed by atoms with Crippen LogP contribution in [0.4, 0.5) is 4.39 Å². The van der Waals surface area contributed by atoms with E-state index in [1.54, 1.807) is 6.92 Å². The van der Waals surface area contributed by atoms with Gasteiger partial charge in [-0.1, -0.05) is 5.16 Å². The number of hydrogen-bond donors (Lipinski definition) is 1. The third-order valence-electron chi connectivity index (χ3n) is 2.26. The second kappa shape index (κ2) is 4.29. The molecule has 6 heteroatoms. The minimum atomic E-state index is -1.19. The highest BCUT2D eigenvalue weighted by Gasteiger charge is 2.15. The Morgan fingerprint density at radius 3 is 2.76 bits per heavy atom. The quantitative estimate of drug-likeness (QED) is 0.924. The van der Waals surface area contributed by atoms with E-state index in [1.165, 1.54) is 18.2 Å². The van der Waals surface area contributed by atoms with Gasteiger partial charge in [-0.05, 0) is 40.5 Å². The molecule has 2 rings (SSSR count). The van der Waals surface area contributed by atoms with Gasteiger partial charge in [-0.25, -0.2) is 9.18 Å². The van der Waals surface area contributed by atoms with Gasteiger partial charge < -0.3 is 9.63 Å². The predicted molar refractivity (Wildman–Crippen MR) is 61.3 cm³/mol. The summed E-state index contributed by atoms with van der Waals surface area (Å²) in [5, 5.41) is 12.4. The number of carboxylic acids is 1. The number of benzene rings is 1. The van der Waals surface area contributed by atoms with Crippen LogP contribution in [0.3, 0.4) is 0 Å². The third-order valence-corrected chi connectivity index (χ3v) is 2.87. The maximum Gasteiger partial charge on any atom is 0.374 e. The predicted octanol–water partition coefficient (Wildman–Crippen LogP) is 3.25. The van der Waals surface area contributed by atoms with Crippen LogP contribution in [0.15, 0.2) is 27.2 Å². The van der Waals surface area contributed by atoms with E-state index >= 15 is 0 Å². The smallest absolute Gasteiger partial charge is 0.374 e. The molecule has 0 fully saturated rings. The number of nitrogens with zero attached hydrogens (tertiary/aromatic N) is 1. The van der Waals surface area contributed by atoms with E-state index in [-0.39, 0.29) is 16.1 Å². The molecule has 88 valence electrons. The minimum Gasteiger partial charge on any atom is -0.475 e. The van der Waals surface area contributed by atoms with Gasteiger partial charge in [0.2, 0.25) is 5.76 Å². The van der Waals surface area contributed by atoms with Gasteiger partial charge in [-0.2, -0.15) is 0 Å². The van der Waals surface area contributed by atoms with Crippen LogP contribution in [-0.4, -0.2) is 16.2 Å². The van der Waals surface area contributed by atoms with Crippen LogP contribution in [0.25, 0.3) is 11.3 Å². The van der Waals surface area contributed by atoms with E-state index in [2.05, 4.69) is 25.6 Å². The Morgan fingerprint density at radius 1 is 1.47 bits per heavy atom. The van der Waals surface area contributed by atoms with Gasteiger partial charge in [0.1, 0.15) is 11.5 Å². The lowest BCUT2D eigenvalue weighted by Gasteiger charge is -2.03. The third kappa shape index (κ3) is 2.21. The van der Waals surface area contributed by atoms with E-state index in [0.717, 1.165) is 0 Å². The van der Waals surface area contributed by atoms with Gasteiger partial charge in [0, 0.05) is 11.6 Å². The van der Waals surface area contributed by atoms with Gasteiger partial charge in [-0.3, -0.25) is 0 Å². The molecule has 2 aromatic rings. The summed E-state index contributed by atoms with van der Waals surface area (Å²) in [5.41, 5.74) is 1.63. The zero-order valence-electron chi connectivity index (χ0n) is 8.70. The molecular formula is C11H7BrFNO3. The SMILES string of the molecule is Cc1cc(F)c(Br)cc1-c1cc(C(=O)O)on1. The molecule has 0 aliphatic heterocycles. The lowest BCUT2D eigenvalue weighted by molar-refractivity contribution is 0.0652. The summed E-state index contributed by atoms with van der Waals surface area (Å²) >= 11 is 3.06. The Hall–Kier alpha value is -1.69. The van der Waals surface area contributed by atoms with Crippen molar-refractivity contribution in [3.63, 3.8) is 0 Å². The van der Waals surface area contributed by atoms with Crippen LogP contribution < -0.4 is 0 Å². The number of carbonyl (C=O) groups is 1. The molecule has 1 heterocycles. The number of aryl methyl sites for hydroxylation is 1. The first-order chi connectivity index (χ1) is 7.99. The molecule has 4 nitrogen and oxygen atoms in total. The summed E-state index contributed by atoms with van der Waals surface area (Å²) in [4.78, 5) is 10.6.